The number of carboxylic acids is 1. The lowest BCUT2D eigenvalue weighted by atomic mass is 10.1. The van der Waals surface area contributed by atoms with E-state index in [1.54, 1.807) is 24.3 Å². The molecule has 0 saturated carbocycles. The highest BCUT2D eigenvalue weighted by Crippen LogP contribution is 2.14. The molecule has 0 aliphatic heterocycles. The van der Waals surface area contributed by atoms with E-state index in [0.29, 0.717) is 13.1 Å². The Morgan fingerprint density at radius 2 is 1.48 bits per heavy atom. The summed E-state index contributed by atoms with van der Waals surface area (Å²) in [7, 11) is 0. The van der Waals surface area contributed by atoms with Gasteiger partial charge in [-0.1, -0.05) is 30.3 Å². The number of carbonyl (C=O) groups excluding carboxylic acids is 2. The van der Waals surface area contributed by atoms with Crippen LogP contribution >= 0.6 is 0 Å². The van der Waals surface area contributed by atoms with Crippen LogP contribution in [0.15, 0.2) is 30.3 Å². The fourth-order valence-corrected chi connectivity index (χ4v) is 2.40. The van der Waals surface area contributed by atoms with E-state index in [1.807, 2.05) is 6.07 Å². The number of aliphatic carboxylic acids is 1. The van der Waals surface area contributed by atoms with Crippen molar-refractivity contribution in [2.45, 2.75) is 31.6 Å². The number of hydrogen-bond donors (Lipinski definition) is 6. The number of halogens is 3. The van der Waals surface area contributed by atoms with Gasteiger partial charge in [-0.3, -0.25) is 14.5 Å². The zero-order chi connectivity index (χ0) is 25.4. The van der Waals surface area contributed by atoms with Crippen molar-refractivity contribution in [1.29, 1.82) is 0 Å². The molecule has 0 aliphatic rings. The predicted octanol–water partition coefficient (Wildman–Crippen LogP) is 0.0985. The van der Waals surface area contributed by atoms with E-state index < -0.39 is 30.2 Å². The molecule has 11 nitrogen and oxygen atoms in total. The maximum absolute atomic E-state index is 12.4. The molecular formula is C19H28F3N5O6. The first-order valence-corrected chi connectivity index (χ1v) is 9.72. The van der Waals surface area contributed by atoms with Crippen molar-refractivity contribution in [3.05, 3.63) is 35.9 Å². The smallest absolute Gasteiger partial charge is 0.475 e. The molecule has 8 N–H and O–H groups in total. The Morgan fingerprint density at radius 1 is 0.970 bits per heavy atom. The van der Waals surface area contributed by atoms with Crippen LogP contribution in [0.25, 0.3) is 0 Å². The number of rotatable bonds is 11. The van der Waals surface area contributed by atoms with E-state index >= 15 is 0 Å². The van der Waals surface area contributed by atoms with Crippen molar-refractivity contribution in [3.8, 4) is 0 Å². The van der Waals surface area contributed by atoms with Crippen LogP contribution in [-0.4, -0.2) is 77.4 Å². The number of carboxylic acid groups (broad SMARTS) is 2. The van der Waals surface area contributed by atoms with E-state index in [9.17, 15) is 32.7 Å². The Morgan fingerprint density at radius 3 is 1.94 bits per heavy atom. The number of carbonyl (C=O) groups is 4. The van der Waals surface area contributed by atoms with Gasteiger partial charge in [-0.05, 0) is 12.0 Å². The summed E-state index contributed by atoms with van der Waals surface area (Å²) < 4.78 is 31.7. The van der Waals surface area contributed by atoms with Crippen molar-refractivity contribution in [2.75, 3.05) is 26.2 Å². The van der Waals surface area contributed by atoms with Gasteiger partial charge in [0.05, 0.1) is 0 Å². The minimum atomic E-state index is -5.08. The Bertz CT molecular complexity index is 764. The first-order chi connectivity index (χ1) is 15.4. The summed E-state index contributed by atoms with van der Waals surface area (Å²) in [5, 5.41) is 21.9. The molecule has 3 amide bonds. The van der Waals surface area contributed by atoms with Crippen molar-refractivity contribution in [1.82, 2.24) is 15.5 Å². The topological polar surface area (TPSA) is 188 Å². The van der Waals surface area contributed by atoms with E-state index in [-0.39, 0.29) is 38.4 Å². The molecule has 1 rings (SSSR count). The van der Waals surface area contributed by atoms with Crippen LogP contribution in [0.4, 0.5) is 18.0 Å². The lowest BCUT2D eigenvalue weighted by Crippen LogP contribution is -2.50. The molecule has 1 aromatic carbocycles. The average molecular weight is 479 g/mol. The SMILES string of the molecule is NCCNC(=O)CC[C@@H](C(=O)NCCN)N(Cc1ccccc1)C(=O)O.O=C(O)C(F)(F)F. The lowest BCUT2D eigenvalue weighted by Gasteiger charge is -2.28. The Kier molecular flexibility index (Phi) is 13.8. The zero-order valence-electron chi connectivity index (χ0n) is 17.7. The molecule has 14 heteroatoms. The summed E-state index contributed by atoms with van der Waals surface area (Å²) in [6, 6.07) is 7.96. The molecule has 0 saturated heterocycles. The van der Waals surface area contributed by atoms with Gasteiger partial charge in [0.1, 0.15) is 6.04 Å². The van der Waals surface area contributed by atoms with E-state index in [2.05, 4.69) is 10.6 Å². The maximum Gasteiger partial charge on any atom is 0.490 e. The number of nitrogens with zero attached hydrogens (tertiary/aromatic N) is 1. The molecule has 0 spiro atoms. The van der Waals surface area contributed by atoms with Crippen LogP contribution in [0.3, 0.4) is 0 Å². The van der Waals surface area contributed by atoms with Gasteiger partial charge >= 0.3 is 18.2 Å². The highest BCUT2D eigenvalue weighted by molar-refractivity contribution is 5.86. The number of benzene rings is 1. The van der Waals surface area contributed by atoms with Crippen LogP contribution in [0, 0.1) is 0 Å². The van der Waals surface area contributed by atoms with Crippen molar-refractivity contribution in [3.63, 3.8) is 0 Å². The second-order valence-electron chi connectivity index (χ2n) is 6.47. The molecule has 0 unspecified atom stereocenters. The van der Waals surface area contributed by atoms with Crippen LogP contribution in [0.5, 0.6) is 0 Å². The summed E-state index contributed by atoms with van der Waals surface area (Å²) in [5.41, 5.74) is 11.5. The van der Waals surface area contributed by atoms with Gasteiger partial charge in [0, 0.05) is 39.1 Å². The number of nitrogens with two attached hydrogens (primary N) is 2. The first kappa shape index (κ1) is 29.6. The number of alkyl halides is 3. The second-order valence-corrected chi connectivity index (χ2v) is 6.47. The Balaban J connectivity index is 0.00000126. The molecule has 33 heavy (non-hydrogen) atoms. The van der Waals surface area contributed by atoms with Crippen LogP contribution in [0.2, 0.25) is 0 Å². The molecule has 0 bridgehead atoms. The molecule has 1 aromatic rings. The van der Waals surface area contributed by atoms with Gasteiger partial charge in [-0.25, -0.2) is 9.59 Å². The van der Waals surface area contributed by atoms with Crippen LogP contribution in [0.1, 0.15) is 18.4 Å². The van der Waals surface area contributed by atoms with Crippen LogP contribution in [-0.2, 0) is 20.9 Å². The van der Waals surface area contributed by atoms with Gasteiger partial charge in [-0.2, -0.15) is 13.2 Å². The fourth-order valence-electron chi connectivity index (χ4n) is 2.40. The Labute approximate surface area is 187 Å². The first-order valence-electron chi connectivity index (χ1n) is 9.72. The molecule has 0 fully saturated rings. The van der Waals surface area contributed by atoms with Gasteiger partial charge in [0.15, 0.2) is 0 Å². The minimum absolute atomic E-state index is 0.0132. The van der Waals surface area contributed by atoms with E-state index in [0.717, 1.165) is 10.5 Å². The number of nitrogens with one attached hydrogen (secondary N) is 2. The van der Waals surface area contributed by atoms with Crippen molar-refractivity contribution in [2.24, 2.45) is 11.5 Å². The normalized spacial score (nSPS) is 11.4. The molecule has 0 aliphatic carbocycles. The van der Waals surface area contributed by atoms with E-state index in [1.165, 1.54) is 0 Å². The summed E-state index contributed by atoms with van der Waals surface area (Å²) in [5.74, 6) is -3.51. The average Bonchev–Trinajstić information content (AvgIpc) is 2.75. The van der Waals surface area contributed by atoms with Crippen molar-refractivity contribution < 1.29 is 42.6 Å². The summed E-state index contributed by atoms with van der Waals surface area (Å²) in [6.07, 6.45) is -6.24. The third-order valence-electron chi connectivity index (χ3n) is 3.92. The molecule has 0 heterocycles. The highest BCUT2D eigenvalue weighted by Gasteiger charge is 2.38. The molecule has 0 radical (unpaired) electrons. The van der Waals surface area contributed by atoms with Gasteiger partial charge in [0.2, 0.25) is 11.8 Å². The molecule has 0 aromatic heterocycles. The van der Waals surface area contributed by atoms with Crippen LogP contribution < -0.4 is 22.1 Å². The highest BCUT2D eigenvalue weighted by atomic mass is 19.4. The standard InChI is InChI=1S/C17H27N5O4.C2HF3O2/c18-8-10-20-15(23)7-6-14(16(24)21-11-9-19)22(17(25)26)12-13-4-2-1-3-5-13;3-2(4,5)1(6)7/h1-5,14H,6-12,18-19H2,(H,20,23)(H,21,24)(H,25,26);(H,6,7)/t14-;/m0./s1. The summed E-state index contributed by atoms with van der Waals surface area (Å²) in [4.78, 5) is 45.9. The minimum Gasteiger partial charge on any atom is -0.475 e. The number of hydrogen-bond acceptors (Lipinski definition) is 6. The van der Waals surface area contributed by atoms with Gasteiger partial charge in [0.25, 0.3) is 0 Å². The Hall–Kier alpha value is -3.39. The van der Waals surface area contributed by atoms with Crippen molar-refractivity contribution >= 4 is 23.9 Å². The maximum atomic E-state index is 12.4. The largest absolute Gasteiger partial charge is 0.490 e. The molecule has 186 valence electrons. The zero-order valence-corrected chi connectivity index (χ0v) is 17.7. The summed E-state index contributed by atoms with van der Waals surface area (Å²) >= 11 is 0. The number of amides is 3. The predicted molar refractivity (Wildman–Crippen MR) is 111 cm³/mol. The van der Waals surface area contributed by atoms with Gasteiger partial charge < -0.3 is 32.3 Å². The monoisotopic (exact) mass is 479 g/mol. The second kappa shape index (κ2) is 15.4. The molecule has 1 atom stereocenters. The quantitative estimate of drug-likeness (QED) is 0.258. The third-order valence-corrected chi connectivity index (χ3v) is 3.92. The van der Waals surface area contributed by atoms with E-state index in [4.69, 9.17) is 21.4 Å². The third kappa shape index (κ3) is 12.9. The molecular weight excluding hydrogens is 451 g/mol. The lowest BCUT2D eigenvalue weighted by molar-refractivity contribution is -0.192. The van der Waals surface area contributed by atoms with Gasteiger partial charge in [-0.15, -0.1) is 0 Å². The fraction of sp³-hybridized carbons (Fsp3) is 0.474. The summed E-state index contributed by atoms with van der Waals surface area (Å²) in [6.45, 7) is 1.15.